The van der Waals surface area contributed by atoms with E-state index in [1.54, 1.807) is 0 Å². The number of carbonyl (C=O) groups excluding carboxylic acids is 1. The summed E-state index contributed by atoms with van der Waals surface area (Å²) in [5, 5.41) is 18.7. The van der Waals surface area contributed by atoms with Crippen molar-refractivity contribution < 1.29 is 15.0 Å². The van der Waals surface area contributed by atoms with Crippen LogP contribution in [-0.2, 0) is 0 Å². The van der Waals surface area contributed by atoms with Gasteiger partial charge in [-0.15, -0.1) is 0 Å². The molecule has 4 heteroatoms. The monoisotopic (exact) mass is 235 g/mol. The highest BCUT2D eigenvalue weighted by Gasteiger charge is 2.24. The highest BCUT2D eigenvalue weighted by molar-refractivity contribution is 6.00. The molecule has 0 heterocycles. The molecule has 1 saturated carbocycles. The molecule has 0 saturated heterocycles. The van der Waals surface area contributed by atoms with Gasteiger partial charge in [0, 0.05) is 12.6 Å². The van der Waals surface area contributed by atoms with Gasteiger partial charge in [-0.3, -0.25) is 9.69 Å². The van der Waals surface area contributed by atoms with Gasteiger partial charge in [0.1, 0.15) is 11.5 Å². The predicted molar refractivity (Wildman–Crippen MR) is 64.3 cm³/mol. The van der Waals surface area contributed by atoms with E-state index in [4.69, 9.17) is 5.11 Å². The summed E-state index contributed by atoms with van der Waals surface area (Å²) in [6.45, 7) is 1.24. The van der Waals surface area contributed by atoms with Crippen LogP contribution in [0.1, 0.15) is 23.2 Å². The molecule has 1 aromatic rings. The minimum Gasteiger partial charge on any atom is -0.508 e. The number of aromatic hydroxyl groups is 2. The molecule has 1 aliphatic carbocycles. The number of rotatable bonds is 5. The number of nitrogens with zero attached hydrogens (tertiary/aromatic N) is 1. The standard InChI is InChI=1S/C13H17NO3/c1-14(7-9-2-3-9)8-13(17)11-5-4-10(15)6-12(11)16/h4-6,9,15-16H,2-3,7-8H2,1H3. The number of hydrogen-bond donors (Lipinski definition) is 2. The van der Waals surface area contributed by atoms with Crippen LogP contribution in [0.5, 0.6) is 11.5 Å². The van der Waals surface area contributed by atoms with Crippen molar-refractivity contribution in [1.82, 2.24) is 4.90 Å². The van der Waals surface area contributed by atoms with Gasteiger partial charge in [0.05, 0.1) is 12.1 Å². The maximum atomic E-state index is 11.9. The van der Waals surface area contributed by atoms with Crippen LogP contribution in [0.15, 0.2) is 18.2 Å². The van der Waals surface area contributed by atoms with E-state index in [-0.39, 0.29) is 22.8 Å². The average Bonchev–Trinajstić information content (AvgIpc) is 3.00. The Hall–Kier alpha value is -1.55. The Labute approximate surface area is 100 Å². The molecule has 0 atom stereocenters. The average molecular weight is 235 g/mol. The lowest BCUT2D eigenvalue weighted by molar-refractivity contribution is 0.0941. The summed E-state index contributed by atoms with van der Waals surface area (Å²) in [7, 11) is 1.91. The van der Waals surface area contributed by atoms with Gasteiger partial charge in [-0.2, -0.15) is 0 Å². The summed E-state index contributed by atoms with van der Waals surface area (Å²) in [6.07, 6.45) is 2.51. The highest BCUT2D eigenvalue weighted by atomic mass is 16.3. The second-order valence-electron chi connectivity index (χ2n) is 4.76. The lowest BCUT2D eigenvalue weighted by atomic mass is 10.1. The summed E-state index contributed by atoms with van der Waals surface area (Å²) in [6, 6.07) is 4.06. The van der Waals surface area contributed by atoms with E-state index < -0.39 is 0 Å². The molecule has 92 valence electrons. The molecule has 17 heavy (non-hydrogen) atoms. The van der Waals surface area contributed by atoms with Crippen LogP contribution >= 0.6 is 0 Å². The Morgan fingerprint density at radius 1 is 1.41 bits per heavy atom. The zero-order valence-corrected chi connectivity index (χ0v) is 9.89. The van der Waals surface area contributed by atoms with Gasteiger partial charge in [-0.1, -0.05) is 0 Å². The fourth-order valence-electron chi connectivity index (χ4n) is 1.89. The molecule has 2 N–H and O–H groups in total. The van der Waals surface area contributed by atoms with Crippen molar-refractivity contribution in [3.8, 4) is 11.5 Å². The second kappa shape index (κ2) is 4.75. The largest absolute Gasteiger partial charge is 0.508 e. The van der Waals surface area contributed by atoms with Gasteiger partial charge in [0.2, 0.25) is 0 Å². The lowest BCUT2D eigenvalue weighted by Crippen LogP contribution is -2.27. The van der Waals surface area contributed by atoms with E-state index >= 15 is 0 Å². The molecule has 4 nitrogen and oxygen atoms in total. The van der Waals surface area contributed by atoms with Crippen molar-refractivity contribution in [2.75, 3.05) is 20.1 Å². The normalized spacial score (nSPS) is 15.2. The summed E-state index contributed by atoms with van der Waals surface area (Å²) in [5.74, 6) is 0.423. The minimum atomic E-state index is -0.158. The molecule has 1 aliphatic rings. The predicted octanol–water partition coefficient (Wildman–Crippen LogP) is 1.62. The molecule has 0 radical (unpaired) electrons. The van der Waals surface area contributed by atoms with Gasteiger partial charge in [-0.05, 0) is 37.9 Å². The van der Waals surface area contributed by atoms with Crippen LogP contribution in [0.2, 0.25) is 0 Å². The quantitative estimate of drug-likeness (QED) is 0.761. The number of phenolic OH excluding ortho intramolecular Hbond substituents is 2. The highest BCUT2D eigenvalue weighted by Crippen LogP contribution is 2.29. The van der Waals surface area contributed by atoms with E-state index in [0.29, 0.717) is 6.54 Å². The summed E-state index contributed by atoms with van der Waals surface area (Å²) >= 11 is 0. The molecular formula is C13H17NO3. The van der Waals surface area contributed by atoms with E-state index in [1.165, 1.54) is 31.0 Å². The summed E-state index contributed by atoms with van der Waals surface area (Å²) in [5.41, 5.74) is 0.269. The van der Waals surface area contributed by atoms with Crippen molar-refractivity contribution in [3.05, 3.63) is 23.8 Å². The van der Waals surface area contributed by atoms with E-state index in [0.717, 1.165) is 12.5 Å². The fourth-order valence-corrected chi connectivity index (χ4v) is 1.89. The Morgan fingerprint density at radius 2 is 2.12 bits per heavy atom. The number of likely N-dealkylation sites (N-methyl/N-ethyl adjacent to an activating group) is 1. The topological polar surface area (TPSA) is 60.8 Å². The molecule has 2 rings (SSSR count). The molecule has 1 aromatic carbocycles. The summed E-state index contributed by atoms with van der Waals surface area (Å²) in [4.78, 5) is 13.9. The Morgan fingerprint density at radius 3 is 2.71 bits per heavy atom. The third kappa shape index (κ3) is 3.20. The zero-order valence-electron chi connectivity index (χ0n) is 9.89. The fraction of sp³-hybridized carbons (Fsp3) is 0.462. The first-order chi connectivity index (χ1) is 8.06. The Kier molecular flexibility index (Phi) is 3.33. The van der Waals surface area contributed by atoms with Crippen molar-refractivity contribution in [3.63, 3.8) is 0 Å². The SMILES string of the molecule is CN(CC(=O)c1ccc(O)cc1O)CC1CC1. The molecule has 0 bridgehead atoms. The number of benzene rings is 1. The van der Waals surface area contributed by atoms with Crippen LogP contribution in [0.4, 0.5) is 0 Å². The van der Waals surface area contributed by atoms with Gasteiger partial charge >= 0.3 is 0 Å². The first kappa shape index (κ1) is 11.9. The van der Waals surface area contributed by atoms with Crippen LogP contribution < -0.4 is 0 Å². The smallest absolute Gasteiger partial charge is 0.180 e. The third-order valence-electron chi connectivity index (χ3n) is 2.96. The van der Waals surface area contributed by atoms with E-state index in [2.05, 4.69) is 0 Å². The third-order valence-corrected chi connectivity index (χ3v) is 2.96. The number of carbonyl (C=O) groups is 1. The zero-order chi connectivity index (χ0) is 12.4. The molecule has 0 spiro atoms. The molecule has 1 fully saturated rings. The molecule has 0 amide bonds. The maximum absolute atomic E-state index is 11.9. The minimum absolute atomic E-state index is 0.0367. The maximum Gasteiger partial charge on any atom is 0.180 e. The first-order valence-electron chi connectivity index (χ1n) is 5.80. The van der Waals surface area contributed by atoms with Gasteiger partial charge in [0.25, 0.3) is 0 Å². The van der Waals surface area contributed by atoms with Gasteiger partial charge in [-0.25, -0.2) is 0 Å². The van der Waals surface area contributed by atoms with Crippen LogP contribution in [0.3, 0.4) is 0 Å². The number of ketones is 1. The molecule has 0 unspecified atom stereocenters. The van der Waals surface area contributed by atoms with Crippen molar-refractivity contribution >= 4 is 5.78 Å². The Balaban J connectivity index is 1.98. The van der Waals surface area contributed by atoms with Gasteiger partial charge in [0.15, 0.2) is 5.78 Å². The molecule has 0 aromatic heterocycles. The van der Waals surface area contributed by atoms with Gasteiger partial charge < -0.3 is 10.2 Å². The molecular weight excluding hydrogens is 218 g/mol. The number of phenols is 2. The van der Waals surface area contributed by atoms with Crippen molar-refractivity contribution in [2.24, 2.45) is 5.92 Å². The number of Topliss-reactive ketones (excluding diaryl/α,β-unsaturated/α-hetero) is 1. The van der Waals surface area contributed by atoms with E-state index in [9.17, 15) is 9.90 Å². The van der Waals surface area contributed by atoms with Crippen molar-refractivity contribution in [1.29, 1.82) is 0 Å². The van der Waals surface area contributed by atoms with E-state index in [1.807, 2.05) is 11.9 Å². The van der Waals surface area contributed by atoms with Crippen LogP contribution in [0, 0.1) is 5.92 Å². The second-order valence-corrected chi connectivity index (χ2v) is 4.76. The van der Waals surface area contributed by atoms with Crippen LogP contribution in [-0.4, -0.2) is 41.0 Å². The number of hydrogen-bond acceptors (Lipinski definition) is 4. The molecule has 0 aliphatic heterocycles. The first-order valence-corrected chi connectivity index (χ1v) is 5.80. The van der Waals surface area contributed by atoms with Crippen LogP contribution in [0.25, 0.3) is 0 Å². The van der Waals surface area contributed by atoms with Crippen molar-refractivity contribution in [2.45, 2.75) is 12.8 Å². The Bertz CT molecular complexity index is 427. The lowest BCUT2D eigenvalue weighted by Gasteiger charge is -2.15. The summed E-state index contributed by atoms with van der Waals surface area (Å²) < 4.78 is 0.